The third-order valence-corrected chi connectivity index (χ3v) is 0. The van der Waals surface area contributed by atoms with Gasteiger partial charge in [-0.15, -0.1) is 0 Å². The van der Waals surface area contributed by atoms with Crippen molar-refractivity contribution < 1.29 is 20.7 Å². The van der Waals surface area contributed by atoms with Crippen LogP contribution in [0.2, 0.25) is 0 Å². The van der Waals surface area contributed by atoms with E-state index in [1.165, 1.54) is 0 Å². The molecular formula is CH9AlMg2O3. The molecule has 0 aromatic rings. The zero-order chi connectivity index (χ0) is 3.58. The fraction of sp³-hybridized carbons (Fsp3) is 0. The number of hydrogen-bond donors (Lipinski definition) is 2. The van der Waals surface area contributed by atoms with Gasteiger partial charge >= 0.3 is 52.3 Å². The van der Waals surface area contributed by atoms with Gasteiger partial charge in [0, 0.05) is 0 Å². The largest absolute Gasteiger partial charge is 2.00 e. The fourth-order valence-corrected chi connectivity index (χ4v) is 0. The molecule has 0 rings (SSSR count). The molecule has 0 heterocycles. The quantitative estimate of drug-likeness (QED) is 0.417. The Balaban J connectivity index is -0.00000000214. The van der Waals surface area contributed by atoms with Gasteiger partial charge in [-0.2, -0.15) is 0 Å². The first-order chi connectivity index (χ1) is 1.73. The first-order valence-electron chi connectivity index (χ1n) is 0.651. The molecule has 3 nitrogen and oxygen atoms in total. The second-order valence-corrected chi connectivity index (χ2v) is 0.283. The molecule has 2 N–H and O–H groups in total. The minimum Gasteiger partial charge on any atom is -1.00 e. The Bertz CT molecular complexity index is 46.3. The van der Waals surface area contributed by atoms with Gasteiger partial charge in [-0.25, -0.2) is 4.79 Å². The van der Waals surface area contributed by atoms with Crippen LogP contribution in [-0.2, 0) is 0 Å². The standard InChI is InChI=1S/CH2O3.Al.2Mg.7H/c2-1(3)4;;;;;;;;;;/h(H2,2,3,4);;;;;;;;;;/q;;2*+2;;;;4*-1. The van der Waals surface area contributed by atoms with Gasteiger partial charge in [0.05, 0.1) is 0 Å². The minimum atomic E-state index is -1.83. The van der Waals surface area contributed by atoms with Crippen molar-refractivity contribution in [3.05, 3.63) is 0 Å². The average molecular weight is 145 g/mol. The average Bonchev–Trinajstić information content (AvgIpc) is 0.811. The number of hydrogen-bond acceptors (Lipinski definition) is 1. The Morgan fingerprint density at radius 1 is 1.29 bits per heavy atom. The van der Waals surface area contributed by atoms with Crippen LogP contribution in [0.3, 0.4) is 0 Å². The summed E-state index contributed by atoms with van der Waals surface area (Å²) in [6.45, 7) is 0. The van der Waals surface area contributed by atoms with Crippen LogP contribution < -0.4 is 0 Å². The van der Waals surface area contributed by atoms with E-state index in [0.29, 0.717) is 0 Å². The molecule has 0 amide bonds. The van der Waals surface area contributed by atoms with Gasteiger partial charge < -0.3 is 15.9 Å². The summed E-state index contributed by atoms with van der Waals surface area (Å²) in [5.74, 6) is 0. The molecule has 0 spiro atoms. The third kappa shape index (κ3) is 117. The summed E-state index contributed by atoms with van der Waals surface area (Å²) in [7, 11) is 0. The van der Waals surface area contributed by atoms with Crippen molar-refractivity contribution in [3.63, 3.8) is 0 Å². The monoisotopic (exact) mass is 144 g/mol. The second-order valence-electron chi connectivity index (χ2n) is 0.283. The van der Waals surface area contributed by atoms with Crippen LogP contribution >= 0.6 is 0 Å². The van der Waals surface area contributed by atoms with Gasteiger partial charge in [-0.05, 0) is 0 Å². The summed E-state index contributed by atoms with van der Waals surface area (Å²) in [6, 6.07) is 0. The number of carbonyl (C=O) groups is 1. The Morgan fingerprint density at radius 3 is 1.29 bits per heavy atom. The maximum absolute atomic E-state index is 8.56. The molecular weight excluding hydrogens is 136 g/mol. The molecule has 0 bridgehead atoms. The number of carboxylic acid groups (broad SMARTS) is 2. The number of rotatable bonds is 0. The molecule has 0 atom stereocenters. The van der Waals surface area contributed by atoms with Crippen LogP contribution in [0.5, 0.6) is 0 Å². The maximum Gasteiger partial charge on any atom is 2.00 e. The van der Waals surface area contributed by atoms with Crippen molar-refractivity contribution in [2.24, 2.45) is 0 Å². The zero-order valence-electron chi connectivity index (χ0n) is 7.22. The Labute approximate surface area is 89.8 Å². The van der Waals surface area contributed by atoms with Crippen molar-refractivity contribution in [3.8, 4) is 0 Å². The summed E-state index contributed by atoms with van der Waals surface area (Å²) >= 11 is 0. The van der Waals surface area contributed by atoms with E-state index in [9.17, 15) is 0 Å². The summed E-state index contributed by atoms with van der Waals surface area (Å²) in [5, 5.41) is 13.9. The van der Waals surface area contributed by atoms with Crippen LogP contribution in [0, 0.1) is 0 Å². The predicted octanol–water partition coefficient (Wildman–Crippen LogP) is -1.27. The summed E-state index contributed by atoms with van der Waals surface area (Å²) in [4.78, 5) is 8.56. The molecule has 6 heteroatoms. The van der Waals surface area contributed by atoms with E-state index in [2.05, 4.69) is 0 Å². The van der Waals surface area contributed by atoms with Crippen molar-refractivity contribution in [1.29, 1.82) is 0 Å². The van der Waals surface area contributed by atoms with Gasteiger partial charge in [0.1, 0.15) is 0 Å². The summed E-state index contributed by atoms with van der Waals surface area (Å²) < 4.78 is 0. The van der Waals surface area contributed by atoms with Gasteiger partial charge in [-0.3, -0.25) is 0 Å². The van der Waals surface area contributed by atoms with Crippen molar-refractivity contribution in [2.45, 2.75) is 0 Å². The molecule has 7 heavy (non-hydrogen) atoms. The van der Waals surface area contributed by atoms with Crippen LogP contribution in [0.25, 0.3) is 0 Å². The first kappa shape index (κ1) is 23.9. The summed E-state index contributed by atoms with van der Waals surface area (Å²) in [5.41, 5.74) is 0. The smallest absolute Gasteiger partial charge is 1.00 e. The molecule has 0 saturated heterocycles. The van der Waals surface area contributed by atoms with Gasteiger partial charge in [0.2, 0.25) is 0 Å². The minimum absolute atomic E-state index is 0. The molecule has 0 aromatic carbocycles. The molecule has 0 saturated carbocycles. The predicted molar refractivity (Wildman–Crippen MR) is 36.5 cm³/mol. The van der Waals surface area contributed by atoms with E-state index in [0.717, 1.165) is 0 Å². The third-order valence-electron chi connectivity index (χ3n) is 0. The van der Waals surface area contributed by atoms with Gasteiger partial charge in [0.25, 0.3) is 0 Å². The molecule has 0 unspecified atom stereocenters. The topological polar surface area (TPSA) is 57.5 Å². The second kappa shape index (κ2) is 15.7. The molecule has 0 fully saturated rings. The Morgan fingerprint density at radius 2 is 1.29 bits per heavy atom. The van der Waals surface area contributed by atoms with E-state index in [1.807, 2.05) is 0 Å². The fourth-order valence-electron chi connectivity index (χ4n) is 0. The Kier molecular flexibility index (Phi) is 53.4. The van der Waals surface area contributed by atoms with Crippen molar-refractivity contribution in [2.75, 3.05) is 0 Å². The molecule has 0 aliphatic heterocycles. The maximum atomic E-state index is 8.56. The van der Waals surface area contributed by atoms with E-state index in [4.69, 9.17) is 15.0 Å². The molecule has 0 radical (unpaired) electrons. The molecule has 0 aromatic heterocycles. The van der Waals surface area contributed by atoms with Crippen LogP contribution in [0.15, 0.2) is 0 Å². The SMILES string of the molecule is O=C(O)O.[AlH3].[H-].[H-].[H-].[H-].[Mg+2].[Mg+2]. The zero-order valence-corrected chi connectivity index (χ0v) is 6.05. The van der Waals surface area contributed by atoms with Crippen molar-refractivity contribution in [1.82, 2.24) is 0 Å². The molecule has 0 aliphatic carbocycles. The van der Waals surface area contributed by atoms with E-state index in [1.54, 1.807) is 0 Å². The molecule has 0 aliphatic rings. The van der Waals surface area contributed by atoms with Crippen LogP contribution in [0.1, 0.15) is 5.71 Å². The van der Waals surface area contributed by atoms with E-state index in [-0.39, 0.29) is 69.2 Å². The first-order valence-corrected chi connectivity index (χ1v) is 0.651. The van der Waals surface area contributed by atoms with Gasteiger partial charge in [-0.1, -0.05) is 0 Å². The van der Waals surface area contributed by atoms with E-state index < -0.39 is 6.16 Å². The normalized spacial score (nSPS) is 3.43. The van der Waals surface area contributed by atoms with Crippen LogP contribution in [-0.4, -0.2) is 79.8 Å². The van der Waals surface area contributed by atoms with Gasteiger partial charge in [0.15, 0.2) is 17.4 Å². The molecule has 38 valence electrons. The van der Waals surface area contributed by atoms with Crippen molar-refractivity contribution >= 4 is 69.6 Å². The van der Waals surface area contributed by atoms with Crippen LogP contribution in [0.4, 0.5) is 4.79 Å². The van der Waals surface area contributed by atoms with E-state index >= 15 is 0 Å². The Hall–Kier alpha value is 1.33. The summed E-state index contributed by atoms with van der Waals surface area (Å²) in [6.07, 6.45) is -1.83.